The Bertz CT molecular complexity index is 1350. The van der Waals surface area contributed by atoms with Crippen LogP contribution in [0.5, 0.6) is 11.5 Å². The lowest BCUT2D eigenvalue weighted by Gasteiger charge is -2.29. The van der Waals surface area contributed by atoms with Gasteiger partial charge in [0.25, 0.3) is 5.91 Å². The van der Waals surface area contributed by atoms with Crippen molar-refractivity contribution in [2.24, 2.45) is 0 Å². The molecule has 1 fully saturated rings. The number of hydrogen-bond acceptors (Lipinski definition) is 7. The maximum atomic E-state index is 13.8. The van der Waals surface area contributed by atoms with Gasteiger partial charge in [0.05, 0.1) is 43.4 Å². The molecule has 0 spiro atoms. The lowest BCUT2D eigenvalue weighted by Crippen LogP contribution is -2.38. The molecule has 2 aliphatic rings. The predicted octanol–water partition coefficient (Wildman–Crippen LogP) is 5.03. The zero-order valence-corrected chi connectivity index (χ0v) is 22.9. The van der Waals surface area contributed by atoms with E-state index in [4.69, 9.17) is 18.6 Å². The van der Waals surface area contributed by atoms with E-state index in [1.54, 1.807) is 17.0 Å². The van der Waals surface area contributed by atoms with Crippen molar-refractivity contribution in [1.82, 2.24) is 9.80 Å². The first-order valence-corrected chi connectivity index (χ1v) is 14.2. The average Bonchev–Trinajstić information content (AvgIpc) is 3.24. The minimum Gasteiger partial charge on any atom is -0.490 e. The summed E-state index contributed by atoms with van der Waals surface area (Å²) in [5.41, 5.74) is 1.46. The van der Waals surface area contributed by atoms with Crippen LogP contribution in [0.2, 0.25) is 0 Å². The molecule has 1 aromatic heterocycles. The fourth-order valence-electron chi connectivity index (χ4n) is 5.45. The number of hydrogen-bond donors (Lipinski definition) is 0. The van der Waals surface area contributed by atoms with Gasteiger partial charge < -0.3 is 23.5 Å². The SMILES string of the molecule is CCCCCOc1ccc(C2c3c(oc4ccccc4c3=O)C(=O)N2CCCN2CCOCC2)cc1OCC. The van der Waals surface area contributed by atoms with Gasteiger partial charge in [-0.3, -0.25) is 14.5 Å². The summed E-state index contributed by atoms with van der Waals surface area (Å²) in [5.74, 6) is 1.17. The highest BCUT2D eigenvalue weighted by Crippen LogP contribution is 2.41. The van der Waals surface area contributed by atoms with Gasteiger partial charge in [0.1, 0.15) is 5.58 Å². The van der Waals surface area contributed by atoms with Crippen LogP contribution in [0.15, 0.2) is 51.7 Å². The summed E-state index contributed by atoms with van der Waals surface area (Å²) in [6.45, 7) is 9.78. The summed E-state index contributed by atoms with van der Waals surface area (Å²) in [6.07, 6.45) is 3.97. The van der Waals surface area contributed by atoms with Crippen molar-refractivity contribution in [1.29, 1.82) is 0 Å². The number of amides is 1. The molecule has 1 saturated heterocycles. The van der Waals surface area contributed by atoms with E-state index in [-0.39, 0.29) is 17.1 Å². The molecule has 8 nitrogen and oxygen atoms in total. The van der Waals surface area contributed by atoms with E-state index in [1.807, 2.05) is 37.3 Å². The molecule has 3 heterocycles. The Kier molecular flexibility index (Phi) is 8.84. The Morgan fingerprint density at radius 1 is 0.923 bits per heavy atom. The molecule has 0 bridgehead atoms. The molecule has 1 unspecified atom stereocenters. The molecule has 0 N–H and O–H groups in total. The normalized spacial score (nSPS) is 17.5. The van der Waals surface area contributed by atoms with Crippen LogP contribution >= 0.6 is 0 Å². The largest absolute Gasteiger partial charge is 0.490 e. The Labute approximate surface area is 229 Å². The van der Waals surface area contributed by atoms with Crippen LogP contribution in [0.3, 0.4) is 0 Å². The first-order valence-electron chi connectivity index (χ1n) is 14.2. The zero-order chi connectivity index (χ0) is 27.2. The van der Waals surface area contributed by atoms with Gasteiger partial charge in [-0.15, -0.1) is 0 Å². The molecule has 0 aliphatic carbocycles. The van der Waals surface area contributed by atoms with Gasteiger partial charge in [-0.05, 0) is 49.6 Å². The van der Waals surface area contributed by atoms with Crippen LogP contribution in [-0.2, 0) is 4.74 Å². The zero-order valence-electron chi connectivity index (χ0n) is 22.9. The van der Waals surface area contributed by atoms with Gasteiger partial charge in [0.15, 0.2) is 16.9 Å². The van der Waals surface area contributed by atoms with Gasteiger partial charge in [-0.25, -0.2) is 0 Å². The Morgan fingerprint density at radius 3 is 2.54 bits per heavy atom. The van der Waals surface area contributed by atoms with E-state index in [9.17, 15) is 9.59 Å². The number of nitrogens with zero attached hydrogens (tertiary/aromatic N) is 2. The topological polar surface area (TPSA) is 81.5 Å². The van der Waals surface area contributed by atoms with E-state index in [2.05, 4.69) is 11.8 Å². The minimum absolute atomic E-state index is 0.132. The molecule has 1 amide bonds. The molecule has 2 aliphatic heterocycles. The summed E-state index contributed by atoms with van der Waals surface area (Å²) >= 11 is 0. The van der Waals surface area contributed by atoms with Crippen molar-refractivity contribution in [3.63, 3.8) is 0 Å². The molecule has 2 aromatic carbocycles. The number of carbonyl (C=O) groups is 1. The number of unbranched alkanes of at least 4 members (excludes halogenated alkanes) is 2. The maximum Gasteiger partial charge on any atom is 0.290 e. The third kappa shape index (κ3) is 5.82. The number of benzene rings is 2. The molecule has 208 valence electrons. The molecule has 0 radical (unpaired) electrons. The van der Waals surface area contributed by atoms with E-state index < -0.39 is 6.04 Å². The summed E-state index contributed by atoms with van der Waals surface area (Å²) in [4.78, 5) is 31.7. The number of rotatable bonds is 12. The van der Waals surface area contributed by atoms with E-state index in [1.165, 1.54) is 0 Å². The van der Waals surface area contributed by atoms with Crippen molar-refractivity contribution in [3.8, 4) is 11.5 Å². The lowest BCUT2D eigenvalue weighted by molar-refractivity contribution is 0.0353. The van der Waals surface area contributed by atoms with Crippen molar-refractivity contribution in [2.75, 3.05) is 52.6 Å². The van der Waals surface area contributed by atoms with Crippen LogP contribution < -0.4 is 14.9 Å². The minimum atomic E-state index is -0.564. The Hall–Kier alpha value is -3.36. The van der Waals surface area contributed by atoms with E-state index in [0.717, 1.165) is 64.1 Å². The van der Waals surface area contributed by atoms with Gasteiger partial charge in [-0.2, -0.15) is 0 Å². The highest BCUT2D eigenvalue weighted by atomic mass is 16.5. The fraction of sp³-hybridized carbons (Fsp3) is 0.484. The van der Waals surface area contributed by atoms with Crippen LogP contribution in [0.1, 0.15) is 67.3 Å². The first-order chi connectivity index (χ1) is 19.1. The maximum absolute atomic E-state index is 13.8. The van der Waals surface area contributed by atoms with Crippen molar-refractivity contribution >= 4 is 16.9 Å². The average molecular weight is 535 g/mol. The molecular formula is C31H38N2O6. The highest BCUT2D eigenvalue weighted by molar-refractivity contribution is 5.99. The van der Waals surface area contributed by atoms with Crippen LogP contribution in [0, 0.1) is 0 Å². The standard InChI is InChI=1S/C31H38N2O6/c1-3-5-8-18-38-25-13-12-22(21-26(25)37-4-2)28-27-29(34)23-10-6-7-11-24(23)39-30(27)31(35)33(28)15-9-14-32-16-19-36-20-17-32/h6-7,10-13,21,28H,3-5,8-9,14-20H2,1-2H3. The number of fused-ring (bicyclic) bond motifs is 2. The fourth-order valence-corrected chi connectivity index (χ4v) is 5.45. The smallest absolute Gasteiger partial charge is 0.290 e. The van der Waals surface area contributed by atoms with Gasteiger partial charge >= 0.3 is 0 Å². The number of carbonyl (C=O) groups excluding carboxylic acids is 1. The molecule has 0 saturated carbocycles. The number of morpholine rings is 1. The van der Waals surface area contributed by atoms with E-state index in [0.29, 0.717) is 47.8 Å². The molecule has 8 heteroatoms. The molecule has 39 heavy (non-hydrogen) atoms. The third-order valence-electron chi connectivity index (χ3n) is 7.44. The van der Waals surface area contributed by atoms with Crippen molar-refractivity contribution in [3.05, 3.63) is 69.6 Å². The van der Waals surface area contributed by atoms with Gasteiger partial charge in [0.2, 0.25) is 5.76 Å². The number of ether oxygens (including phenoxy) is 3. The molecule has 1 atom stereocenters. The molecule has 5 rings (SSSR count). The quantitative estimate of drug-likeness (QED) is 0.302. The molecule has 3 aromatic rings. The van der Waals surface area contributed by atoms with Crippen molar-refractivity contribution < 1.29 is 23.4 Å². The second-order valence-electron chi connectivity index (χ2n) is 10.1. The monoisotopic (exact) mass is 534 g/mol. The van der Waals surface area contributed by atoms with Crippen LogP contribution in [0.25, 0.3) is 11.0 Å². The second-order valence-corrected chi connectivity index (χ2v) is 10.1. The lowest BCUT2D eigenvalue weighted by atomic mass is 9.98. The summed E-state index contributed by atoms with van der Waals surface area (Å²) in [7, 11) is 0. The first kappa shape index (κ1) is 27.2. The van der Waals surface area contributed by atoms with Crippen molar-refractivity contribution in [2.45, 2.75) is 45.6 Å². The predicted molar refractivity (Wildman–Crippen MR) is 150 cm³/mol. The van der Waals surface area contributed by atoms with Crippen LogP contribution in [-0.4, -0.2) is 68.3 Å². The number of para-hydroxylation sites is 1. The van der Waals surface area contributed by atoms with Gasteiger partial charge in [-0.1, -0.05) is 38.0 Å². The Morgan fingerprint density at radius 2 is 1.74 bits per heavy atom. The van der Waals surface area contributed by atoms with Gasteiger partial charge in [0, 0.05) is 26.2 Å². The third-order valence-corrected chi connectivity index (χ3v) is 7.44. The highest BCUT2D eigenvalue weighted by Gasteiger charge is 2.42. The Balaban J connectivity index is 1.50. The van der Waals surface area contributed by atoms with E-state index >= 15 is 0 Å². The molecular weight excluding hydrogens is 496 g/mol. The second kappa shape index (κ2) is 12.7. The van der Waals surface area contributed by atoms with Crippen LogP contribution in [0.4, 0.5) is 0 Å². The summed E-state index contributed by atoms with van der Waals surface area (Å²) in [5, 5.41) is 0.477. The summed E-state index contributed by atoms with van der Waals surface area (Å²) < 4.78 is 23.5. The summed E-state index contributed by atoms with van der Waals surface area (Å²) in [6, 6.07) is 12.3.